The van der Waals surface area contributed by atoms with E-state index in [1.807, 2.05) is 37.9 Å². The molecule has 0 bridgehead atoms. The van der Waals surface area contributed by atoms with Crippen LogP contribution in [0.15, 0.2) is 27.2 Å². The summed E-state index contributed by atoms with van der Waals surface area (Å²) in [6.07, 6.45) is 1.75. The minimum Gasteiger partial charge on any atom is -0.464 e. The highest BCUT2D eigenvalue weighted by Gasteiger charge is 2.11. The van der Waals surface area contributed by atoms with Crippen LogP contribution in [0.1, 0.15) is 18.4 Å². The monoisotopic (exact) mass is 324 g/mol. The van der Waals surface area contributed by atoms with Crippen molar-refractivity contribution in [3.63, 3.8) is 0 Å². The number of aryl methyl sites for hydroxylation is 1. The van der Waals surface area contributed by atoms with Gasteiger partial charge in [0.1, 0.15) is 17.3 Å². The lowest BCUT2D eigenvalue weighted by Gasteiger charge is -2.18. The van der Waals surface area contributed by atoms with E-state index < -0.39 is 0 Å². The second-order valence-corrected chi connectivity index (χ2v) is 5.12. The lowest BCUT2D eigenvalue weighted by atomic mass is 10.4. The fraction of sp³-hybridized carbons (Fsp3) is 0.385. The summed E-state index contributed by atoms with van der Waals surface area (Å²) in [7, 11) is 1.97. The Labute approximate surface area is 121 Å². The molecule has 2 aromatic rings. The first-order valence-electron chi connectivity index (χ1n) is 6.13. The van der Waals surface area contributed by atoms with Crippen molar-refractivity contribution in [2.75, 3.05) is 23.8 Å². The van der Waals surface area contributed by atoms with Gasteiger partial charge < -0.3 is 14.6 Å². The van der Waals surface area contributed by atoms with Crippen molar-refractivity contribution in [1.82, 2.24) is 9.97 Å². The van der Waals surface area contributed by atoms with Crippen molar-refractivity contribution >= 4 is 27.7 Å². The fourth-order valence-electron chi connectivity index (χ4n) is 1.75. The number of halogens is 1. The van der Waals surface area contributed by atoms with Crippen LogP contribution in [-0.4, -0.2) is 23.6 Å². The van der Waals surface area contributed by atoms with Crippen LogP contribution in [0.25, 0.3) is 0 Å². The molecule has 0 aliphatic heterocycles. The van der Waals surface area contributed by atoms with Gasteiger partial charge in [-0.05, 0) is 41.9 Å². The van der Waals surface area contributed by atoms with E-state index in [0.717, 1.165) is 28.4 Å². The number of hydrogen-bond donors (Lipinski definition) is 1. The van der Waals surface area contributed by atoms with Gasteiger partial charge in [-0.2, -0.15) is 4.98 Å². The molecule has 0 aliphatic carbocycles. The van der Waals surface area contributed by atoms with E-state index in [2.05, 4.69) is 31.2 Å². The molecular formula is C13H17BrN4O. The summed E-state index contributed by atoms with van der Waals surface area (Å²) >= 11 is 3.48. The summed E-state index contributed by atoms with van der Waals surface area (Å²) in [5.41, 5.74) is 0. The van der Waals surface area contributed by atoms with Gasteiger partial charge in [-0.15, -0.1) is 0 Å². The Balaban J connectivity index is 2.17. The van der Waals surface area contributed by atoms with Gasteiger partial charge in [-0.1, -0.05) is 0 Å². The number of rotatable bonds is 5. The maximum absolute atomic E-state index is 5.58. The first-order valence-corrected chi connectivity index (χ1v) is 6.92. The second kappa shape index (κ2) is 6.06. The molecule has 0 atom stereocenters. The van der Waals surface area contributed by atoms with E-state index in [0.29, 0.717) is 12.5 Å². The summed E-state index contributed by atoms with van der Waals surface area (Å²) in [6.45, 7) is 5.41. The van der Waals surface area contributed by atoms with Crippen LogP contribution in [0.2, 0.25) is 0 Å². The molecule has 0 saturated heterocycles. The van der Waals surface area contributed by atoms with Crippen molar-refractivity contribution in [2.24, 2.45) is 0 Å². The average Bonchev–Trinajstić information content (AvgIpc) is 2.77. The number of hydrogen-bond acceptors (Lipinski definition) is 5. The molecule has 0 saturated carbocycles. The number of nitrogens with zero attached hydrogens (tertiary/aromatic N) is 3. The highest BCUT2D eigenvalue weighted by atomic mass is 79.9. The predicted octanol–water partition coefficient (Wildman–Crippen LogP) is 3.21. The highest BCUT2D eigenvalue weighted by molar-refractivity contribution is 9.10. The molecule has 0 aliphatic rings. The highest BCUT2D eigenvalue weighted by Crippen LogP contribution is 2.24. The predicted molar refractivity (Wildman–Crippen MR) is 79.4 cm³/mol. The maximum Gasteiger partial charge on any atom is 0.224 e. The van der Waals surface area contributed by atoms with Gasteiger partial charge in [0.25, 0.3) is 0 Å². The molecule has 2 heterocycles. The molecule has 0 aromatic carbocycles. The van der Waals surface area contributed by atoms with Crippen molar-refractivity contribution < 1.29 is 4.42 Å². The second-order valence-electron chi connectivity index (χ2n) is 4.26. The van der Waals surface area contributed by atoms with Gasteiger partial charge >= 0.3 is 0 Å². The molecule has 102 valence electrons. The van der Waals surface area contributed by atoms with Gasteiger partial charge in [-0.3, -0.25) is 0 Å². The van der Waals surface area contributed by atoms with E-state index in [1.54, 1.807) is 6.20 Å². The molecular weight excluding hydrogens is 308 g/mol. The molecule has 0 unspecified atom stereocenters. The van der Waals surface area contributed by atoms with Crippen LogP contribution in [-0.2, 0) is 6.54 Å². The van der Waals surface area contributed by atoms with Crippen LogP contribution in [0.5, 0.6) is 0 Å². The Bertz CT molecular complexity index is 555. The van der Waals surface area contributed by atoms with E-state index in [1.165, 1.54) is 0 Å². The number of anilines is 2. The Morgan fingerprint density at radius 1 is 1.42 bits per heavy atom. The van der Waals surface area contributed by atoms with Crippen LogP contribution in [0.4, 0.5) is 11.8 Å². The molecule has 19 heavy (non-hydrogen) atoms. The zero-order chi connectivity index (χ0) is 13.8. The summed E-state index contributed by atoms with van der Waals surface area (Å²) in [5.74, 6) is 3.29. The summed E-state index contributed by atoms with van der Waals surface area (Å²) in [6, 6.07) is 3.94. The minimum atomic E-state index is 0.628. The zero-order valence-electron chi connectivity index (χ0n) is 11.3. The fourth-order valence-corrected chi connectivity index (χ4v) is 2.24. The standard InChI is InChI=1S/C13H17BrN4O/c1-4-15-13-16-7-11(14)12(17-13)18(3)8-10-6-5-9(2)19-10/h5-7H,4,8H2,1-3H3,(H,15,16,17). The normalized spacial score (nSPS) is 10.5. The molecule has 0 amide bonds. The quantitative estimate of drug-likeness (QED) is 0.915. The summed E-state index contributed by atoms with van der Waals surface area (Å²) in [4.78, 5) is 10.7. The largest absolute Gasteiger partial charge is 0.464 e. The van der Waals surface area contributed by atoms with Crippen molar-refractivity contribution in [3.05, 3.63) is 34.3 Å². The smallest absolute Gasteiger partial charge is 0.224 e. The lowest BCUT2D eigenvalue weighted by Crippen LogP contribution is -2.19. The molecule has 1 N–H and O–H groups in total. The van der Waals surface area contributed by atoms with Gasteiger partial charge in [0.05, 0.1) is 11.0 Å². The van der Waals surface area contributed by atoms with Gasteiger partial charge in [-0.25, -0.2) is 4.98 Å². The van der Waals surface area contributed by atoms with Crippen LogP contribution < -0.4 is 10.2 Å². The SMILES string of the molecule is CCNc1ncc(Br)c(N(C)Cc2ccc(C)o2)n1. The Hall–Kier alpha value is -1.56. The number of nitrogens with one attached hydrogen (secondary N) is 1. The van der Waals surface area contributed by atoms with Crippen molar-refractivity contribution in [2.45, 2.75) is 20.4 Å². The average molecular weight is 325 g/mol. The minimum absolute atomic E-state index is 0.628. The number of furan rings is 1. The van der Waals surface area contributed by atoms with Crippen LogP contribution in [0, 0.1) is 6.92 Å². The van der Waals surface area contributed by atoms with Gasteiger partial charge in [0.15, 0.2) is 0 Å². The third-order valence-corrected chi connectivity index (χ3v) is 3.17. The Kier molecular flexibility index (Phi) is 4.42. The van der Waals surface area contributed by atoms with Gasteiger partial charge in [0, 0.05) is 19.8 Å². The van der Waals surface area contributed by atoms with E-state index in [4.69, 9.17) is 4.42 Å². The molecule has 0 radical (unpaired) electrons. The Morgan fingerprint density at radius 3 is 2.84 bits per heavy atom. The molecule has 5 nitrogen and oxygen atoms in total. The Morgan fingerprint density at radius 2 is 2.21 bits per heavy atom. The third kappa shape index (κ3) is 3.47. The van der Waals surface area contributed by atoms with Crippen molar-refractivity contribution in [1.29, 1.82) is 0 Å². The van der Waals surface area contributed by atoms with Crippen molar-refractivity contribution in [3.8, 4) is 0 Å². The lowest BCUT2D eigenvalue weighted by molar-refractivity contribution is 0.481. The zero-order valence-corrected chi connectivity index (χ0v) is 12.9. The topological polar surface area (TPSA) is 54.2 Å². The molecule has 0 spiro atoms. The molecule has 2 rings (SSSR count). The van der Waals surface area contributed by atoms with Crippen LogP contribution in [0.3, 0.4) is 0 Å². The van der Waals surface area contributed by atoms with E-state index in [-0.39, 0.29) is 0 Å². The van der Waals surface area contributed by atoms with E-state index >= 15 is 0 Å². The number of aromatic nitrogens is 2. The first kappa shape index (κ1) is 13.9. The molecule has 2 aromatic heterocycles. The summed E-state index contributed by atoms with van der Waals surface area (Å²) < 4.78 is 6.44. The van der Waals surface area contributed by atoms with Crippen LogP contribution >= 0.6 is 15.9 Å². The third-order valence-electron chi connectivity index (χ3n) is 2.61. The molecule has 6 heteroatoms. The van der Waals surface area contributed by atoms with Gasteiger partial charge in [0.2, 0.25) is 5.95 Å². The molecule has 0 fully saturated rings. The first-order chi connectivity index (χ1) is 9.10. The summed E-state index contributed by atoms with van der Waals surface area (Å²) in [5, 5.41) is 3.10. The maximum atomic E-state index is 5.58. The van der Waals surface area contributed by atoms with E-state index in [9.17, 15) is 0 Å².